The average molecular weight is 237 g/mol. The molecule has 4 heteroatoms. The van der Waals surface area contributed by atoms with Gasteiger partial charge in [-0.2, -0.15) is 0 Å². The van der Waals surface area contributed by atoms with Crippen LogP contribution in [0.2, 0.25) is 0 Å². The van der Waals surface area contributed by atoms with Crippen LogP contribution in [0.5, 0.6) is 0 Å². The molecular formula is C13H23N3O. The third kappa shape index (κ3) is 4.42. The van der Waals surface area contributed by atoms with Crippen LogP contribution in [0.1, 0.15) is 25.5 Å². The van der Waals surface area contributed by atoms with Crippen molar-refractivity contribution in [3.8, 4) is 0 Å². The van der Waals surface area contributed by atoms with Crippen molar-refractivity contribution in [2.24, 2.45) is 5.73 Å². The largest absolute Gasteiger partial charge is 0.380 e. The van der Waals surface area contributed by atoms with Crippen molar-refractivity contribution in [1.82, 2.24) is 9.88 Å². The number of nitrogens with zero attached hydrogens (tertiary/aromatic N) is 2. The summed E-state index contributed by atoms with van der Waals surface area (Å²) in [6.07, 6.45) is 3.63. The van der Waals surface area contributed by atoms with E-state index in [-0.39, 0.29) is 6.04 Å². The van der Waals surface area contributed by atoms with Gasteiger partial charge in [0.05, 0.1) is 6.61 Å². The first-order chi connectivity index (χ1) is 8.33. The van der Waals surface area contributed by atoms with E-state index < -0.39 is 0 Å². The lowest BCUT2D eigenvalue weighted by atomic mass is 10.1. The molecule has 0 amide bonds. The van der Waals surface area contributed by atoms with Crippen LogP contribution in [0.25, 0.3) is 0 Å². The Morgan fingerprint density at radius 3 is 2.59 bits per heavy atom. The van der Waals surface area contributed by atoms with E-state index in [1.165, 1.54) is 5.56 Å². The monoisotopic (exact) mass is 237 g/mol. The molecule has 4 nitrogen and oxygen atoms in total. The summed E-state index contributed by atoms with van der Waals surface area (Å²) in [7, 11) is 0. The summed E-state index contributed by atoms with van der Waals surface area (Å²) in [5.74, 6) is 0. The van der Waals surface area contributed by atoms with Gasteiger partial charge in [-0.1, -0.05) is 6.92 Å². The van der Waals surface area contributed by atoms with Gasteiger partial charge in [0, 0.05) is 38.1 Å². The maximum absolute atomic E-state index is 5.88. The van der Waals surface area contributed by atoms with Crippen LogP contribution in [0.3, 0.4) is 0 Å². The maximum atomic E-state index is 5.88. The number of hydrogen-bond acceptors (Lipinski definition) is 4. The van der Waals surface area contributed by atoms with Gasteiger partial charge in [0.1, 0.15) is 0 Å². The van der Waals surface area contributed by atoms with E-state index in [0.29, 0.717) is 6.54 Å². The SMILES string of the molecule is CCOCCN(CC)C(CN)c1ccncc1. The van der Waals surface area contributed by atoms with Gasteiger partial charge in [-0.3, -0.25) is 9.88 Å². The Bertz CT molecular complexity index is 292. The number of hydrogen-bond donors (Lipinski definition) is 1. The third-order valence-corrected chi connectivity index (χ3v) is 2.89. The van der Waals surface area contributed by atoms with E-state index in [9.17, 15) is 0 Å². The number of rotatable bonds is 8. The van der Waals surface area contributed by atoms with E-state index in [2.05, 4.69) is 16.8 Å². The van der Waals surface area contributed by atoms with Crippen molar-refractivity contribution < 1.29 is 4.74 Å². The van der Waals surface area contributed by atoms with E-state index in [1.807, 2.05) is 31.5 Å². The zero-order valence-corrected chi connectivity index (χ0v) is 10.8. The van der Waals surface area contributed by atoms with E-state index in [4.69, 9.17) is 10.5 Å². The van der Waals surface area contributed by atoms with Gasteiger partial charge in [0.2, 0.25) is 0 Å². The van der Waals surface area contributed by atoms with Crippen molar-refractivity contribution in [3.63, 3.8) is 0 Å². The minimum absolute atomic E-state index is 0.253. The smallest absolute Gasteiger partial charge is 0.0593 e. The highest BCUT2D eigenvalue weighted by molar-refractivity contribution is 5.15. The zero-order valence-electron chi connectivity index (χ0n) is 10.8. The minimum Gasteiger partial charge on any atom is -0.380 e. The normalized spacial score (nSPS) is 12.9. The predicted molar refractivity (Wildman–Crippen MR) is 69.8 cm³/mol. The summed E-state index contributed by atoms with van der Waals surface area (Å²) >= 11 is 0. The summed E-state index contributed by atoms with van der Waals surface area (Å²) in [5.41, 5.74) is 7.11. The second-order valence-electron chi connectivity index (χ2n) is 3.86. The molecule has 1 unspecified atom stereocenters. The molecule has 1 aromatic rings. The highest BCUT2D eigenvalue weighted by Crippen LogP contribution is 2.18. The Labute approximate surface area is 104 Å². The highest BCUT2D eigenvalue weighted by Gasteiger charge is 2.16. The first-order valence-electron chi connectivity index (χ1n) is 6.25. The predicted octanol–water partition coefficient (Wildman–Crippen LogP) is 1.44. The molecule has 0 spiro atoms. The van der Waals surface area contributed by atoms with Crippen LogP contribution < -0.4 is 5.73 Å². The van der Waals surface area contributed by atoms with Crippen molar-refractivity contribution in [1.29, 1.82) is 0 Å². The fourth-order valence-electron chi connectivity index (χ4n) is 1.94. The van der Waals surface area contributed by atoms with Crippen molar-refractivity contribution in [2.45, 2.75) is 19.9 Å². The third-order valence-electron chi connectivity index (χ3n) is 2.89. The summed E-state index contributed by atoms with van der Waals surface area (Å²) in [6.45, 7) is 8.18. The summed E-state index contributed by atoms with van der Waals surface area (Å²) in [5, 5.41) is 0. The molecule has 17 heavy (non-hydrogen) atoms. The molecule has 0 aromatic carbocycles. The lowest BCUT2D eigenvalue weighted by Crippen LogP contribution is -2.36. The lowest BCUT2D eigenvalue weighted by molar-refractivity contribution is 0.0980. The van der Waals surface area contributed by atoms with E-state index in [0.717, 1.165) is 26.3 Å². The van der Waals surface area contributed by atoms with Crippen LogP contribution >= 0.6 is 0 Å². The summed E-state index contributed by atoms with van der Waals surface area (Å²) in [6, 6.07) is 4.31. The van der Waals surface area contributed by atoms with Crippen LogP contribution in [-0.4, -0.2) is 42.7 Å². The minimum atomic E-state index is 0.253. The standard InChI is InChI=1S/C13H23N3O/c1-3-16(9-10-17-4-2)13(11-14)12-5-7-15-8-6-12/h5-8,13H,3-4,9-11,14H2,1-2H3. The molecule has 1 heterocycles. The Balaban J connectivity index is 2.63. The maximum Gasteiger partial charge on any atom is 0.0593 e. The van der Waals surface area contributed by atoms with Crippen molar-refractivity contribution in [3.05, 3.63) is 30.1 Å². The summed E-state index contributed by atoms with van der Waals surface area (Å²) in [4.78, 5) is 6.38. The van der Waals surface area contributed by atoms with E-state index >= 15 is 0 Å². The number of aromatic nitrogens is 1. The van der Waals surface area contributed by atoms with Crippen LogP contribution in [0, 0.1) is 0 Å². The summed E-state index contributed by atoms with van der Waals surface area (Å²) < 4.78 is 5.40. The van der Waals surface area contributed by atoms with Crippen LogP contribution in [-0.2, 0) is 4.74 Å². The number of pyridine rings is 1. The quantitative estimate of drug-likeness (QED) is 0.695. The van der Waals surface area contributed by atoms with Crippen molar-refractivity contribution in [2.75, 3.05) is 32.8 Å². The van der Waals surface area contributed by atoms with Gasteiger partial charge >= 0.3 is 0 Å². The Hall–Kier alpha value is -0.970. The highest BCUT2D eigenvalue weighted by atomic mass is 16.5. The average Bonchev–Trinajstić information content (AvgIpc) is 2.39. The van der Waals surface area contributed by atoms with Crippen molar-refractivity contribution >= 4 is 0 Å². The molecule has 0 fully saturated rings. The fraction of sp³-hybridized carbons (Fsp3) is 0.615. The Morgan fingerprint density at radius 1 is 1.35 bits per heavy atom. The van der Waals surface area contributed by atoms with Crippen LogP contribution in [0.15, 0.2) is 24.5 Å². The number of ether oxygens (including phenoxy) is 1. The molecule has 2 N–H and O–H groups in total. The van der Waals surface area contributed by atoms with Gasteiger partial charge < -0.3 is 10.5 Å². The molecule has 0 aliphatic carbocycles. The zero-order chi connectivity index (χ0) is 12.5. The molecule has 96 valence electrons. The molecule has 1 aromatic heterocycles. The number of nitrogens with two attached hydrogens (primary N) is 1. The van der Waals surface area contributed by atoms with E-state index in [1.54, 1.807) is 0 Å². The Kier molecular flexibility index (Phi) is 6.77. The molecule has 0 aliphatic rings. The molecule has 1 atom stereocenters. The molecular weight excluding hydrogens is 214 g/mol. The number of likely N-dealkylation sites (N-methyl/N-ethyl adjacent to an activating group) is 1. The fourth-order valence-corrected chi connectivity index (χ4v) is 1.94. The van der Waals surface area contributed by atoms with Gasteiger partial charge in [-0.25, -0.2) is 0 Å². The first-order valence-corrected chi connectivity index (χ1v) is 6.25. The Morgan fingerprint density at radius 2 is 2.06 bits per heavy atom. The van der Waals surface area contributed by atoms with Gasteiger partial charge in [-0.05, 0) is 31.2 Å². The molecule has 1 rings (SSSR count). The van der Waals surface area contributed by atoms with Gasteiger partial charge in [0.25, 0.3) is 0 Å². The van der Waals surface area contributed by atoms with Gasteiger partial charge in [-0.15, -0.1) is 0 Å². The second kappa shape index (κ2) is 8.17. The topological polar surface area (TPSA) is 51.4 Å². The molecule has 0 bridgehead atoms. The molecule has 0 radical (unpaired) electrons. The molecule has 0 saturated carbocycles. The second-order valence-corrected chi connectivity index (χ2v) is 3.86. The van der Waals surface area contributed by atoms with Gasteiger partial charge in [0.15, 0.2) is 0 Å². The van der Waals surface area contributed by atoms with Crippen LogP contribution in [0.4, 0.5) is 0 Å². The molecule has 0 aliphatic heterocycles. The molecule has 0 saturated heterocycles. The lowest BCUT2D eigenvalue weighted by Gasteiger charge is -2.29. The first kappa shape index (κ1) is 14.1.